The second kappa shape index (κ2) is 25.6. The van der Waals surface area contributed by atoms with Crippen molar-refractivity contribution < 1.29 is 47.7 Å². The van der Waals surface area contributed by atoms with E-state index in [1.165, 1.54) is 6.33 Å². The number of anilines is 1. The van der Waals surface area contributed by atoms with E-state index in [0.29, 0.717) is 131 Å². The number of hydrogen-bond acceptors (Lipinski definition) is 16. The summed E-state index contributed by atoms with van der Waals surface area (Å²) in [6, 6.07) is 22.2. The van der Waals surface area contributed by atoms with Crippen LogP contribution >= 0.6 is 11.8 Å². The van der Waals surface area contributed by atoms with Crippen molar-refractivity contribution in [2.24, 2.45) is 0 Å². The van der Waals surface area contributed by atoms with E-state index in [4.69, 9.17) is 34.5 Å². The van der Waals surface area contributed by atoms with Gasteiger partial charge < -0.3 is 44.1 Å². The number of nitrogen functional groups attached to an aromatic ring is 1. The maximum Gasteiger partial charge on any atom is 0.255 e. The van der Waals surface area contributed by atoms with Crippen molar-refractivity contribution in [2.45, 2.75) is 62.0 Å². The van der Waals surface area contributed by atoms with Crippen LogP contribution in [0.1, 0.15) is 60.5 Å². The quantitative estimate of drug-likeness (QED) is 0.0490. The minimum absolute atomic E-state index is 0.000179. The smallest absolute Gasteiger partial charge is 0.255 e. The van der Waals surface area contributed by atoms with Crippen LogP contribution < -0.4 is 15.8 Å². The number of nitrogens with two attached hydrogens (primary N) is 1. The van der Waals surface area contributed by atoms with Crippen molar-refractivity contribution in [3.05, 3.63) is 90.3 Å². The molecule has 3 fully saturated rings. The number of hydrogen-bond donors (Lipinski definition) is 2. The predicted octanol–water partition coefficient (Wildman–Crippen LogP) is 4.58. The lowest BCUT2D eigenvalue weighted by Gasteiger charge is -2.35. The number of para-hydroxylation sites is 1. The fourth-order valence-corrected chi connectivity index (χ4v) is 10.7. The molecule has 20 nitrogen and oxygen atoms in total. The van der Waals surface area contributed by atoms with E-state index in [1.807, 2.05) is 81.2 Å². The standard InChI is InChI=1S/C53H64N10O10S/c54-50-48-49(37-13-15-40(16-14-37)73-39-8-2-1-3-9-39)58-63(51(48)56-36-55-50)38-7-5-20-61(33-38)46(65)12-6-19-59-21-23-60(24-22-59)47(66)35-72-30-29-70-26-25-69-27-28-71-31-32-74-44-11-4-10-41-42(44)34-62(53(41)68)43-17-18-45(64)57-52(43)67/h1-4,8-11,13-16,36,38,43H,5-7,12,17-35H2,(H2,54,55,56)(H,57,64,67)/t38-,43?/m1/s1. The van der Waals surface area contributed by atoms with Crippen molar-refractivity contribution in [1.82, 2.24) is 44.7 Å². The highest BCUT2D eigenvalue weighted by Gasteiger charge is 2.40. The van der Waals surface area contributed by atoms with Crippen molar-refractivity contribution in [1.29, 1.82) is 0 Å². The van der Waals surface area contributed by atoms with Crippen LogP contribution in [0, 0.1) is 0 Å². The monoisotopic (exact) mass is 1030 g/mol. The molecular weight excluding hydrogens is 969 g/mol. The highest BCUT2D eigenvalue weighted by molar-refractivity contribution is 7.99. The summed E-state index contributed by atoms with van der Waals surface area (Å²) in [5.74, 6) is 1.68. The van der Waals surface area contributed by atoms with Crippen molar-refractivity contribution in [2.75, 3.05) is 110 Å². The molecule has 6 heterocycles. The number of nitrogens with zero attached hydrogens (tertiary/aromatic N) is 8. The number of carbonyl (C=O) groups excluding carboxylic acids is 5. The van der Waals surface area contributed by atoms with Gasteiger partial charge in [-0.3, -0.25) is 34.2 Å². The zero-order valence-corrected chi connectivity index (χ0v) is 42.4. The first-order valence-electron chi connectivity index (χ1n) is 25.5. The van der Waals surface area contributed by atoms with E-state index in [1.54, 1.807) is 22.7 Å². The Morgan fingerprint density at radius 2 is 1.49 bits per heavy atom. The molecule has 2 aromatic heterocycles. The van der Waals surface area contributed by atoms with Crippen molar-refractivity contribution in [3.63, 3.8) is 0 Å². The Bertz CT molecular complexity index is 2740. The van der Waals surface area contributed by atoms with Crippen LogP contribution in [0.4, 0.5) is 5.82 Å². The van der Waals surface area contributed by atoms with Gasteiger partial charge in [-0.2, -0.15) is 5.10 Å². The molecule has 2 atom stereocenters. The predicted molar refractivity (Wildman–Crippen MR) is 275 cm³/mol. The van der Waals surface area contributed by atoms with Gasteiger partial charge >= 0.3 is 0 Å². The first-order chi connectivity index (χ1) is 36.2. The lowest BCUT2D eigenvalue weighted by molar-refractivity contribution is -0.139. The Kier molecular flexibility index (Phi) is 18.1. The molecule has 1 unspecified atom stereocenters. The van der Waals surface area contributed by atoms with Crippen LogP contribution in [0.15, 0.2) is 84.0 Å². The van der Waals surface area contributed by atoms with Crippen LogP contribution in [-0.4, -0.2) is 179 Å². The number of aromatic nitrogens is 4. The summed E-state index contributed by atoms with van der Waals surface area (Å²) < 4.78 is 30.5. The summed E-state index contributed by atoms with van der Waals surface area (Å²) in [5, 5.41) is 8.08. The number of thioether (sulfide) groups is 1. The zero-order chi connectivity index (χ0) is 51.2. The molecule has 0 saturated carbocycles. The number of piperidine rings is 2. The van der Waals surface area contributed by atoms with Gasteiger partial charge in [-0.15, -0.1) is 11.8 Å². The van der Waals surface area contributed by atoms with Crippen LogP contribution in [-0.2, 0) is 44.7 Å². The Morgan fingerprint density at radius 1 is 0.757 bits per heavy atom. The third kappa shape index (κ3) is 13.2. The topological polar surface area (TPSA) is 226 Å². The average Bonchev–Trinajstić information content (AvgIpc) is 3.98. The first kappa shape index (κ1) is 52.4. The van der Waals surface area contributed by atoms with E-state index in [9.17, 15) is 24.0 Å². The molecule has 9 rings (SSSR count). The van der Waals surface area contributed by atoms with Gasteiger partial charge in [0.25, 0.3) is 5.91 Å². The molecule has 3 aromatic carbocycles. The molecule has 4 aliphatic heterocycles. The molecule has 392 valence electrons. The molecule has 0 spiro atoms. The maximum atomic E-state index is 13.6. The van der Waals surface area contributed by atoms with Gasteiger partial charge in [0.15, 0.2) is 5.65 Å². The molecule has 0 aliphatic carbocycles. The van der Waals surface area contributed by atoms with Crippen LogP contribution in [0.2, 0.25) is 0 Å². The number of imide groups is 1. The number of likely N-dealkylation sites (tertiary alicyclic amines) is 1. The van der Waals surface area contributed by atoms with Gasteiger partial charge in [0, 0.05) is 80.4 Å². The highest BCUT2D eigenvalue weighted by Crippen LogP contribution is 2.36. The molecule has 3 saturated heterocycles. The molecule has 5 amide bonds. The number of piperazine rings is 1. The van der Waals surface area contributed by atoms with Crippen molar-refractivity contribution >= 4 is 58.1 Å². The third-order valence-electron chi connectivity index (χ3n) is 13.7. The van der Waals surface area contributed by atoms with Crippen molar-refractivity contribution in [3.8, 4) is 22.8 Å². The lowest BCUT2D eigenvalue weighted by Crippen LogP contribution is -2.52. The number of ether oxygens (including phenoxy) is 5. The summed E-state index contributed by atoms with van der Waals surface area (Å²) in [7, 11) is 0. The molecule has 0 bridgehead atoms. The van der Waals surface area contributed by atoms with Gasteiger partial charge in [-0.1, -0.05) is 24.3 Å². The fourth-order valence-electron chi connectivity index (χ4n) is 9.78. The van der Waals surface area contributed by atoms with Crippen LogP contribution in [0.5, 0.6) is 11.5 Å². The maximum absolute atomic E-state index is 13.6. The number of amides is 5. The summed E-state index contributed by atoms with van der Waals surface area (Å²) in [5.41, 5.74) is 10.1. The molecule has 21 heteroatoms. The van der Waals surface area contributed by atoms with Gasteiger partial charge in [-0.25, -0.2) is 14.6 Å². The van der Waals surface area contributed by atoms with Gasteiger partial charge in [0.1, 0.15) is 42.0 Å². The molecule has 3 N–H and O–H groups in total. The number of carbonyl (C=O) groups is 5. The van der Waals surface area contributed by atoms with Gasteiger partial charge in [0.2, 0.25) is 23.6 Å². The molecule has 5 aromatic rings. The summed E-state index contributed by atoms with van der Waals surface area (Å²) in [6.45, 7) is 7.89. The Labute approximate surface area is 434 Å². The number of rotatable bonds is 24. The number of benzene rings is 3. The minimum Gasteiger partial charge on any atom is -0.457 e. The molecule has 74 heavy (non-hydrogen) atoms. The van der Waals surface area contributed by atoms with Crippen LogP contribution in [0.3, 0.4) is 0 Å². The summed E-state index contributed by atoms with van der Waals surface area (Å²) >= 11 is 1.60. The Morgan fingerprint density at radius 3 is 2.24 bits per heavy atom. The second-order valence-corrected chi connectivity index (χ2v) is 19.7. The van der Waals surface area contributed by atoms with E-state index in [-0.39, 0.29) is 42.7 Å². The Hall–Kier alpha value is -6.49. The average molecular weight is 1030 g/mol. The molecule has 0 radical (unpaired) electrons. The van der Waals surface area contributed by atoms with Crippen LogP contribution in [0.25, 0.3) is 22.3 Å². The highest BCUT2D eigenvalue weighted by atomic mass is 32.2. The molecule has 4 aliphatic rings. The molecular formula is C53H64N10O10S. The summed E-state index contributed by atoms with van der Waals surface area (Å²) in [6.07, 6.45) is 4.90. The normalized spacial score (nSPS) is 18.3. The minimum atomic E-state index is -0.638. The van der Waals surface area contributed by atoms with E-state index >= 15 is 0 Å². The first-order valence-corrected chi connectivity index (χ1v) is 26.5. The Balaban J connectivity index is 0.595. The fraction of sp³-hybridized carbons (Fsp3) is 0.472. The largest absolute Gasteiger partial charge is 0.457 e. The van der Waals surface area contributed by atoms with E-state index in [2.05, 4.69) is 20.2 Å². The summed E-state index contributed by atoms with van der Waals surface area (Å²) in [4.78, 5) is 81.0. The van der Waals surface area contributed by atoms with E-state index in [0.717, 1.165) is 60.7 Å². The lowest BCUT2D eigenvalue weighted by atomic mass is 10.0. The van der Waals surface area contributed by atoms with Gasteiger partial charge in [-0.05, 0) is 86.3 Å². The van der Waals surface area contributed by atoms with Gasteiger partial charge in [0.05, 0.1) is 57.7 Å². The number of fused-ring (bicyclic) bond motifs is 2. The van der Waals surface area contributed by atoms with E-state index < -0.39 is 11.9 Å². The second-order valence-electron chi connectivity index (χ2n) is 18.6. The third-order valence-corrected chi connectivity index (χ3v) is 14.7. The number of nitrogens with one attached hydrogen (secondary N) is 1. The SMILES string of the molecule is Nc1ncnc2c1c(-c1ccc(Oc3ccccc3)cc1)nn2[C@@H]1CCCN(C(=O)CCCN2CCN(C(=O)COCCOCCOCCOCCSc3cccc4c3CN(C3CCC(=O)NC3=O)C4=O)CC2)C1. The zero-order valence-electron chi connectivity index (χ0n) is 41.6.